The van der Waals surface area contributed by atoms with Crippen molar-refractivity contribution in [2.75, 3.05) is 13.2 Å². The summed E-state index contributed by atoms with van der Waals surface area (Å²) in [6.07, 6.45) is -2.27. The lowest BCUT2D eigenvalue weighted by molar-refractivity contribution is -0.163. The molecular weight excluding hydrogens is 216 g/mol. The smallest absolute Gasteiger partial charge is 0.352 e. The first-order chi connectivity index (χ1) is 7.60. The number of esters is 2. The van der Waals surface area contributed by atoms with Gasteiger partial charge in [0.2, 0.25) is 12.2 Å². The normalized spacial score (nSPS) is 23.2. The van der Waals surface area contributed by atoms with E-state index in [4.69, 9.17) is 18.9 Å². The van der Waals surface area contributed by atoms with Crippen molar-refractivity contribution in [2.45, 2.75) is 26.1 Å². The van der Waals surface area contributed by atoms with Crippen molar-refractivity contribution in [1.29, 1.82) is 0 Å². The summed E-state index contributed by atoms with van der Waals surface area (Å²) >= 11 is 0. The topological polar surface area (TPSA) is 71.1 Å². The number of carbonyl (C=O) groups excluding carboxylic acids is 2. The average molecular weight is 230 g/mol. The molecule has 6 nitrogen and oxygen atoms in total. The summed E-state index contributed by atoms with van der Waals surface area (Å²) in [7, 11) is 0. The van der Waals surface area contributed by atoms with Gasteiger partial charge >= 0.3 is 11.9 Å². The van der Waals surface area contributed by atoms with Crippen molar-refractivity contribution >= 4 is 11.9 Å². The van der Waals surface area contributed by atoms with Crippen LogP contribution in [0.4, 0.5) is 0 Å². The van der Waals surface area contributed by atoms with Crippen LogP contribution in [-0.4, -0.2) is 37.4 Å². The molecule has 0 N–H and O–H groups in total. The zero-order chi connectivity index (χ0) is 12.1. The lowest BCUT2D eigenvalue weighted by Gasteiger charge is -2.12. The maximum absolute atomic E-state index is 11.4. The van der Waals surface area contributed by atoms with Crippen LogP contribution in [0.3, 0.4) is 0 Å². The van der Waals surface area contributed by atoms with E-state index in [-0.39, 0.29) is 19.2 Å². The number of hydrogen-bond donors (Lipinski definition) is 0. The van der Waals surface area contributed by atoms with Gasteiger partial charge in [-0.15, -0.1) is 0 Å². The summed E-state index contributed by atoms with van der Waals surface area (Å²) in [6, 6.07) is 0. The van der Waals surface area contributed by atoms with Crippen molar-refractivity contribution < 1.29 is 28.5 Å². The molecule has 1 fully saturated rings. The first-order valence-electron chi connectivity index (χ1n) is 4.95. The minimum Gasteiger partial charge on any atom is -0.463 e. The number of carbonyl (C=O) groups is 2. The van der Waals surface area contributed by atoms with Crippen molar-refractivity contribution in [3.63, 3.8) is 0 Å². The molecule has 0 aromatic carbocycles. The summed E-state index contributed by atoms with van der Waals surface area (Å²) in [5.41, 5.74) is 0. The molecule has 0 bridgehead atoms. The van der Waals surface area contributed by atoms with E-state index in [0.717, 1.165) is 0 Å². The van der Waals surface area contributed by atoms with Gasteiger partial charge in [0.05, 0.1) is 13.2 Å². The Bertz CT molecular complexity index is 270. The Hall–Kier alpha value is -1.72. The van der Waals surface area contributed by atoms with E-state index in [1.807, 2.05) is 0 Å². The Morgan fingerprint density at radius 2 is 1.50 bits per heavy atom. The predicted octanol–water partition coefficient (Wildman–Crippen LogP) is 0.368. The van der Waals surface area contributed by atoms with Crippen LogP contribution in [0.1, 0.15) is 13.8 Å². The molecule has 0 spiro atoms. The van der Waals surface area contributed by atoms with Gasteiger partial charge in [-0.2, -0.15) is 0 Å². The van der Waals surface area contributed by atoms with Crippen molar-refractivity contribution in [2.24, 2.45) is 0 Å². The summed E-state index contributed by atoms with van der Waals surface area (Å²) in [5, 5.41) is 0. The molecule has 1 heterocycles. The molecule has 6 heteroatoms. The quantitative estimate of drug-likeness (QED) is 0.650. The van der Waals surface area contributed by atoms with Gasteiger partial charge in [0.25, 0.3) is 5.95 Å². The standard InChI is InChI=1S/C10H14O6/c1-4-13-9(11)7-8(10(12)14-5-2)16-6(3)15-7/h7-8H,3-5H2,1-2H3/t7-,8-/m1/s1. The molecule has 0 unspecified atom stereocenters. The third kappa shape index (κ3) is 2.65. The number of ether oxygens (including phenoxy) is 4. The predicted molar refractivity (Wildman–Crippen MR) is 52.2 cm³/mol. The summed E-state index contributed by atoms with van der Waals surface area (Å²) in [6.45, 7) is 7.08. The zero-order valence-corrected chi connectivity index (χ0v) is 9.23. The highest BCUT2D eigenvalue weighted by molar-refractivity contribution is 5.86. The second-order valence-electron chi connectivity index (χ2n) is 2.95. The van der Waals surface area contributed by atoms with E-state index in [1.54, 1.807) is 13.8 Å². The van der Waals surface area contributed by atoms with Gasteiger partial charge in [0, 0.05) is 0 Å². The molecule has 0 aromatic rings. The summed E-state index contributed by atoms with van der Waals surface area (Å²) in [4.78, 5) is 22.9. The Labute approximate surface area is 93.1 Å². The lowest BCUT2D eigenvalue weighted by Crippen LogP contribution is -2.39. The van der Waals surface area contributed by atoms with Gasteiger partial charge in [0.15, 0.2) is 0 Å². The Morgan fingerprint density at radius 3 is 1.81 bits per heavy atom. The van der Waals surface area contributed by atoms with Crippen molar-refractivity contribution in [3.8, 4) is 0 Å². The van der Waals surface area contributed by atoms with Gasteiger partial charge in [-0.05, 0) is 20.4 Å². The summed E-state index contributed by atoms with van der Waals surface area (Å²) < 4.78 is 19.4. The van der Waals surface area contributed by atoms with Gasteiger partial charge < -0.3 is 18.9 Å². The maximum Gasteiger partial charge on any atom is 0.352 e. The highest BCUT2D eigenvalue weighted by Crippen LogP contribution is 2.23. The Balaban J connectivity index is 2.69. The molecule has 1 aliphatic rings. The number of hydrogen-bond acceptors (Lipinski definition) is 6. The van der Waals surface area contributed by atoms with Crippen LogP contribution >= 0.6 is 0 Å². The van der Waals surface area contributed by atoms with Crippen molar-refractivity contribution in [3.05, 3.63) is 12.5 Å². The second kappa shape index (κ2) is 5.39. The largest absolute Gasteiger partial charge is 0.463 e. The highest BCUT2D eigenvalue weighted by Gasteiger charge is 2.45. The Morgan fingerprint density at radius 1 is 1.12 bits per heavy atom. The maximum atomic E-state index is 11.4. The fraction of sp³-hybridized carbons (Fsp3) is 0.600. The molecule has 16 heavy (non-hydrogen) atoms. The van der Waals surface area contributed by atoms with Crippen LogP contribution in [0.5, 0.6) is 0 Å². The molecule has 1 saturated heterocycles. The molecular formula is C10H14O6. The second-order valence-corrected chi connectivity index (χ2v) is 2.95. The van der Waals surface area contributed by atoms with Gasteiger partial charge in [-0.1, -0.05) is 0 Å². The lowest BCUT2D eigenvalue weighted by atomic mass is 10.2. The fourth-order valence-corrected chi connectivity index (χ4v) is 1.23. The minimum atomic E-state index is -1.13. The van der Waals surface area contributed by atoms with Crippen LogP contribution in [0.2, 0.25) is 0 Å². The molecule has 0 aromatic heterocycles. The van der Waals surface area contributed by atoms with Crippen LogP contribution in [0, 0.1) is 0 Å². The van der Waals surface area contributed by atoms with Gasteiger partial charge in [0.1, 0.15) is 0 Å². The molecule has 1 rings (SSSR count). The fourth-order valence-electron chi connectivity index (χ4n) is 1.23. The monoisotopic (exact) mass is 230 g/mol. The van der Waals surface area contributed by atoms with E-state index >= 15 is 0 Å². The van der Waals surface area contributed by atoms with E-state index < -0.39 is 24.1 Å². The van der Waals surface area contributed by atoms with E-state index in [0.29, 0.717) is 0 Å². The number of rotatable bonds is 4. The highest BCUT2D eigenvalue weighted by atomic mass is 16.7. The molecule has 0 aliphatic carbocycles. The van der Waals surface area contributed by atoms with E-state index in [2.05, 4.69) is 6.58 Å². The van der Waals surface area contributed by atoms with Gasteiger partial charge in [-0.25, -0.2) is 9.59 Å². The minimum absolute atomic E-state index is 0.0869. The average Bonchev–Trinajstić information content (AvgIpc) is 2.61. The van der Waals surface area contributed by atoms with Crippen LogP contribution in [0.15, 0.2) is 12.5 Å². The van der Waals surface area contributed by atoms with Crippen LogP contribution in [-0.2, 0) is 28.5 Å². The first-order valence-corrected chi connectivity index (χ1v) is 4.95. The van der Waals surface area contributed by atoms with Crippen LogP contribution < -0.4 is 0 Å². The van der Waals surface area contributed by atoms with E-state index in [9.17, 15) is 9.59 Å². The third-order valence-electron chi connectivity index (χ3n) is 1.83. The molecule has 0 saturated carbocycles. The molecule has 0 amide bonds. The van der Waals surface area contributed by atoms with E-state index in [1.165, 1.54) is 0 Å². The Kier molecular flexibility index (Phi) is 4.16. The van der Waals surface area contributed by atoms with Crippen molar-refractivity contribution in [1.82, 2.24) is 0 Å². The zero-order valence-electron chi connectivity index (χ0n) is 9.23. The molecule has 1 aliphatic heterocycles. The first kappa shape index (κ1) is 12.4. The molecule has 2 atom stereocenters. The summed E-state index contributed by atoms with van der Waals surface area (Å²) in [5.74, 6) is -1.42. The molecule has 0 radical (unpaired) electrons. The third-order valence-corrected chi connectivity index (χ3v) is 1.83. The SMILES string of the molecule is C=C1O[C@@H](C(=O)OCC)[C@H](C(=O)OCC)O1. The van der Waals surface area contributed by atoms with Crippen LogP contribution in [0.25, 0.3) is 0 Å². The molecule has 90 valence electrons. The van der Waals surface area contributed by atoms with Gasteiger partial charge in [-0.3, -0.25) is 0 Å².